The number of allylic oxidation sites excluding steroid dienone is 3. The lowest BCUT2D eigenvalue weighted by Gasteiger charge is -2.16. The Kier molecular flexibility index (Phi) is 4.00. The lowest BCUT2D eigenvalue weighted by atomic mass is 10.0. The molecule has 98 valence electrons. The van der Waals surface area contributed by atoms with Gasteiger partial charge in [-0.25, -0.2) is 0 Å². The molecule has 1 heterocycles. The summed E-state index contributed by atoms with van der Waals surface area (Å²) in [7, 11) is 0. The summed E-state index contributed by atoms with van der Waals surface area (Å²) in [5, 5.41) is 0. The van der Waals surface area contributed by atoms with Crippen LogP contribution in [-0.2, 0) is 4.79 Å². The van der Waals surface area contributed by atoms with Gasteiger partial charge in [-0.05, 0) is 56.2 Å². The summed E-state index contributed by atoms with van der Waals surface area (Å²) >= 11 is 0. The molecule has 0 N–H and O–H groups in total. The molecule has 0 amide bonds. The molecule has 1 aliphatic rings. The van der Waals surface area contributed by atoms with Crippen LogP contribution in [0.5, 0.6) is 5.75 Å². The number of ether oxygens (including phenoxy) is 1. The molecule has 1 aliphatic heterocycles. The van der Waals surface area contributed by atoms with Crippen molar-refractivity contribution in [2.24, 2.45) is 0 Å². The standard InChI is InChI=1S/C17H18O2/c1-12(8-14(3)18)4-6-15-10-16-9-13(2)5-7-17(16)19-11-15/h4-10H,11H2,1-3H3/b6-4+,12-8+. The highest BCUT2D eigenvalue weighted by Gasteiger charge is 2.09. The zero-order valence-electron chi connectivity index (χ0n) is 11.6. The highest BCUT2D eigenvalue weighted by Crippen LogP contribution is 2.27. The van der Waals surface area contributed by atoms with Gasteiger partial charge in [0.2, 0.25) is 0 Å². The number of hydrogen-bond donors (Lipinski definition) is 0. The number of hydrogen-bond acceptors (Lipinski definition) is 2. The van der Waals surface area contributed by atoms with Crippen molar-refractivity contribution in [1.82, 2.24) is 0 Å². The summed E-state index contributed by atoms with van der Waals surface area (Å²) in [6.07, 6.45) is 7.69. The number of rotatable bonds is 3. The highest BCUT2D eigenvalue weighted by molar-refractivity contribution is 5.88. The Morgan fingerprint density at radius 2 is 2.11 bits per heavy atom. The van der Waals surface area contributed by atoms with Crippen molar-refractivity contribution < 1.29 is 9.53 Å². The Hall–Kier alpha value is -2.09. The van der Waals surface area contributed by atoms with Gasteiger partial charge in [0.05, 0.1) is 0 Å². The monoisotopic (exact) mass is 254 g/mol. The molecule has 0 aromatic heterocycles. The van der Waals surface area contributed by atoms with Crippen LogP contribution in [0.15, 0.2) is 47.6 Å². The van der Waals surface area contributed by atoms with E-state index in [1.807, 2.05) is 31.2 Å². The van der Waals surface area contributed by atoms with Gasteiger partial charge in [-0.3, -0.25) is 4.79 Å². The van der Waals surface area contributed by atoms with Crippen LogP contribution >= 0.6 is 0 Å². The van der Waals surface area contributed by atoms with Gasteiger partial charge in [0.1, 0.15) is 12.4 Å². The zero-order valence-corrected chi connectivity index (χ0v) is 11.6. The topological polar surface area (TPSA) is 26.3 Å². The summed E-state index contributed by atoms with van der Waals surface area (Å²) < 4.78 is 5.70. The molecule has 2 nitrogen and oxygen atoms in total. The maximum Gasteiger partial charge on any atom is 0.152 e. The molecule has 2 rings (SSSR count). The molecule has 0 unspecified atom stereocenters. The summed E-state index contributed by atoms with van der Waals surface area (Å²) in [6, 6.07) is 6.16. The van der Waals surface area contributed by atoms with Crippen molar-refractivity contribution in [3.8, 4) is 5.75 Å². The fraction of sp³-hybridized carbons (Fsp3) is 0.235. The molecule has 1 aromatic rings. The maximum absolute atomic E-state index is 11.0. The van der Waals surface area contributed by atoms with E-state index in [9.17, 15) is 4.79 Å². The largest absolute Gasteiger partial charge is 0.488 e. The van der Waals surface area contributed by atoms with Gasteiger partial charge in [0.15, 0.2) is 5.78 Å². The lowest BCUT2D eigenvalue weighted by molar-refractivity contribution is -0.112. The van der Waals surface area contributed by atoms with E-state index in [1.165, 1.54) is 5.56 Å². The Morgan fingerprint density at radius 3 is 2.84 bits per heavy atom. The van der Waals surface area contributed by atoms with Crippen LogP contribution in [0.2, 0.25) is 0 Å². The van der Waals surface area contributed by atoms with Gasteiger partial charge in [-0.2, -0.15) is 0 Å². The number of fused-ring (bicyclic) bond motifs is 1. The van der Waals surface area contributed by atoms with E-state index in [0.29, 0.717) is 6.61 Å². The SMILES string of the molecule is CC(=O)/C=C(C)/C=C/C1=Cc2cc(C)ccc2OC1. The molecule has 0 bridgehead atoms. The highest BCUT2D eigenvalue weighted by atomic mass is 16.5. The van der Waals surface area contributed by atoms with Gasteiger partial charge in [0, 0.05) is 5.56 Å². The second-order valence-electron chi connectivity index (χ2n) is 4.88. The van der Waals surface area contributed by atoms with Crippen LogP contribution in [0, 0.1) is 6.92 Å². The smallest absolute Gasteiger partial charge is 0.152 e. The first-order chi connectivity index (χ1) is 9.04. The Labute approximate surface area is 114 Å². The molecule has 0 atom stereocenters. The summed E-state index contributed by atoms with van der Waals surface area (Å²) in [4.78, 5) is 11.0. The first kappa shape index (κ1) is 13.3. The predicted molar refractivity (Wildman–Crippen MR) is 78.2 cm³/mol. The van der Waals surface area contributed by atoms with E-state index < -0.39 is 0 Å². The average Bonchev–Trinajstić information content (AvgIpc) is 2.35. The van der Waals surface area contributed by atoms with Crippen LogP contribution in [0.3, 0.4) is 0 Å². The maximum atomic E-state index is 11.0. The summed E-state index contributed by atoms with van der Waals surface area (Å²) in [5.41, 5.74) is 4.38. The molecular formula is C17H18O2. The van der Waals surface area contributed by atoms with E-state index in [0.717, 1.165) is 22.5 Å². The van der Waals surface area contributed by atoms with Gasteiger partial charge < -0.3 is 4.74 Å². The molecule has 2 heteroatoms. The molecule has 19 heavy (non-hydrogen) atoms. The predicted octanol–water partition coefficient (Wildman–Crippen LogP) is 3.86. The van der Waals surface area contributed by atoms with Crippen LogP contribution in [0.25, 0.3) is 6.08 Å². The van der Waals surface area contributed by atoms with E-state index in [1.54, 1.807) is 13.0 Å². The van der Waals surface area contributed by atoms with Crippen molar-refractivity contribution >= 4 is 11.9 Å². The molecule has 0 fully saturated rings. The number of aryl methyl sites for hydroxylation is 1. The number of benzene rings is 1. The first-order valence-corrected chi connectivity index (χ1v) is 6.35. The minimum absolute atomic E-state index is 0.0667. The molecule has 0 aliphatic carbocycles. The van der Waals surface area contributed by atoms with Gasteiger partial charge in [-0.15, -0.1) is 0 Å². The molecular weight excluding hydrogens is 236 g/mol. The van der Waals surface area contributed by atoms with E-state index in [-0.39, 0.29) is 5.78 Å². The summed E-state index contributed by atoms with van der Waals surface area (Å²) in [6.45, 7) is 6.11. The Bertz CT molecular complexity index is 589. The van der Waals surface area contributed by atoms with Crippen molar-refractivity contribution in [2.45, 2.75) is 20.8 Å². The fourth-order valence-corrected chi connectivity index (χ4v) is 2.02. The third-order valence-electron chi connectivity index (χ3n) is 2.89. The summed E-state index contributed by atoms with van der Waals surface area (Å²) in [5.74, 6) is 0.996. The number of ketones is 1. The Morgan fingerprint density at radius 1 is 1.32 bits per heavy atom. The van der Waals surface area contributed by atoms with Crippen LogP contribution in [-0.4, -0.2) is 12.4 Å². The molecule has 0 spiro atoms. The number of carbonyl (C=O) groups excluding carboxylic acids is 1. The van der Waals surface area contributed by atoms with E-state index >= 15 is 0 Å². The fourth-order valence-electron chi connectivity index (χ4n) is 2.02. The first-order valence-electron chi connectivity index (χ1n) is 6.35. The third-order valence-corrected chi connectivity index (χ3v) is 2.89. The van der Waals surface area contributed by atoms with Crippen molar-refractivity contribution in [1.29, 1.82) is 0 Å². The van der Waals surface area contributed by atoms with Crippen LogP contribution in [0.4, 0.5) is 0 Å². The van der Waals surface area contributed by atoms with Gasteiger partial charge >= 0.3 is 0 Å². The second-order valence-corrected chi connectivity index (χ2v) is 4.88. The van der Waals surface area contributed by atoms with E-state index in [2.05, 4.69) is 19.1 Å². The number of carbonyl (C=O) groups is 1. The molecule has 0 saturated carbocycles. The van der Waals surface area contributed by atoms with Gasteiger partial charge in [0.25, 0.3) is 0 Å². The van der Waals surface area contributed by atoms with Crippen molar-refractivity contribution in [3.63, 3.8) is 0 Å². The third kappa shape index (κ3) is 3.68. The second kappa shape index (κ2) is 5.70. The zero-order chi connectivity index (χ0) is 13.8. The molecule has 0 radical (unpaired) electrons. The van der Waals surface area contributed by atoms with Crippen molar-refractivity contribution in [2.75, 3.05) is 6.61 Å². The lowest BCUT2D eigenvalue weighted by Crippen LogP contribution is -2.05. The van der Waals surface area contributed by atoms with E-state index in [4.69, 9.17) is 4.74 Å². The molecule has 0 saturated heterocycles. The molecule has 1 aromatic carbocycles. The average molecular weight is 254 g/mol. The minimum Gasteiger partial charge on any atom is -0.488 e. The van der Waals surface area contributed by atoms with Crippen molar-refractivity contribution in [3.05, 3.63) is 58.7 Å². The van der Waals surface area contributed by atoms with Crippen LogP contribution < -0.4 is 4.74 Å². The quantitative estimate of drug-likeness (QED) is 0.604. The van der Waals surface area contributed by atoms with Gasteiger partial charge in [-0.1, -0.05) is 23.8 Å². The minimum atomic E-state index is 0.0667. The van der Waals surface area contributed by atoms with Crippen LogP contribution in [0.1, 0.15) is 25.0 Å². The normalized spacial score (nSPS) is 14.9. The Balaban J connectivity index is 2.20.